The van der Waals surface area contributed by atoms with Crippen LogP contribution in [0.15, 0.2) is 70.7 Å². The predicted molar refractivity (Wildman–Crippen MR) is 134 cm³/mol. The zero-order valence-corrected chi connectivity index (χ0v) is 20.3. The summed E-state index contributed by atoms with van der Waals surface area (Å²) in [7, 11) is -1.42. The molecule has 6 nitrogen and oxygen atoms in total. The van der Waals surface area contributed by atoms with Gasteiger partial charge in [0.1, 0.15) is 0 Å². The van der Waals surface area contributed by atoms with Crippen LogP contribution in [0.4, 0.5) is 10.5 Å². The fourth-order valence-electron chi connectivity index (χ4n) is 5.27. The van der Waals surface area contributed by atoms with Crippen molar-refractivity contribution in [3.8, 4) is 0 Å². The van der Waals surface area contributed by atoms with E-state index in [1.807, 2.05) is 18.2 Å². The minimum absolute atomic E-state index is 0.0343. The number of fused-ring (bicyclic) bond motifs is 1. The number of rotatable bonds is 5. The molecule has 0 fully saturated rings. The average molecular weight is 478 g/mol. The molecular weight excluding hydrogens is 446 g/mol. The van der Waals surface area contributed by atoms with E-state index in [0.29, 0.717) is 5.69 Å². The van der Waals surface area contributed by atoms with Crippen LogP contribution >= 0.6 is 0 Å². The maximum atomic E-state index is 13.0. The maximum absolute atomic E-state index is 13.0. The fourth-order valence-corrected chi connectivity index (χ4v) is 6.60. The van der Waals surface area contributed by atoms with E-state index in [9.17, 15) is 13.2 Å². The lowest BCUT2D eigenvalue weighted by molar-refractivity contribution is 0.249. The van der Waals surface area contributed by atoms with Crippen LogP contribution in [0.5, 0.6) is 0 Å². The Labute approximate surface area is 201 Å². The second-order valence-electron chi connectivity index (χ2n) is 9.60. The largest absolute Gasteiger partial charge is 0.331 e. The number of amides is 2. The van der Waals surface area contributed by atoms with E-state index in [-0.39, 0.29) is 22.7 Å². The van der Waals surface area contributed by atoms with Gasteiger partial charge < -0.3 is 10.6 Å². The van der Waals surface area contributed by atoms with Gasteiger partial charge in [-0.15, -0.1) is 0 Å². The molecule has 2 amide bonds. The van der Waals surface area contributed by atoms with E-state index in [4.69, 9.17) is 0 Å². The van der Waals surface area contributed by atoms with Gasteiger partial charge in [0, 0.05) is 18.8 Å². The van der Waals surface area contributed by atoms with Crippen molar-refractivity contribution in [2.75, 3.05) is 12.4 Å². The number of benzene rings is 2. The van der Waals surface area contributed by atoms with E-state index in [1.165, 1.54) is 22.3 Å². The van der Waals surface area contributed by atoms with Gasteiger partial charge in [-0.3, -0.25) is 4.90 Å². The second kappa shape index (κ2) is 9.39. The molecule has 1 heterocycles. The third-order valence-electron chi connectivity index (χ3n) is 6.95. The van der Waals surface area contributed by atoms with Gasteiger partial charge >= 0.3 is 6.03 Å². The van der Waals surface area contributed by atoms with Gasteiger partial charge in [0.25, 0.3) is 0 Å². The number of sulfone groups is 1. The summed E-state index contributed by atoms with van der Waals surface area (Å²) < 4.78 is 25.9. The van der Waals surface area contributed by atoms with Crippen LogP contribution in [-0.2, 0) is 28.7 Å². The van der Waals surface area contributed by atoms with Crippen LogP contribution < -0.4 is 10.6 Å². The molecule has 178 valence electrons. The molecule has 0 bridgehead atoms. The summed E-state index contributed by atoms with van der Waals surface area (Å²) in [4.78, 5) is 15.1. The Bertz CT molecular complexity index is 1260. The molecular formula is C27H31N3O3S. The third-order valence-corrected chi connectivity index (χ3v) is 8.65. The van der Waals surface area contributed by atoms with Gasteiger partial charge in [-0.1, -0.05) is 35.9 Å². The van der Waals surface area contributed by atoms with Gasteiger partial charge in [-0.2, -0.15) is 0 Å². The number of anilines is 1. The summed E-state index contributed by atoms with van der Waals surface area (Å²) in [6.45, 7) is 1.75. The minimum Gasteiger partial charge on any atom is -0.331 e. The molecule has 0 aromatic heterocycles. The number of nitrogens with one attached hydrogen (secondary N) is 2. The van der Waals surface area contributed by atoms with E-state index in [1.54, 1.807) is 24.3 Å². The van der Waals surface area contributed by atoms with Crippen LogP contribution in [0.2, 0.25) is 0 Å². The normalized spacial score (nSPS) is 20.1. The maximum Gasteiger partial charge on any atom is 0.319 e. The number of carbonyl (C=O) groups is 1. The lowest BCUT2D eigenvalue weighted by atomic mass is 9.83. The number of hydrogen-bond acceptors (Lipinski definition) is 4. The van der Waals surface area contributed by atoms with Crippen molar-refractivity contribution in [2.24, 2.45) is 0 Å². The number of urea groups is 1. The summed E-state index contributed by atoms with van der Waals surface area (Å²) in [5, 5.41) is 5.94. The van der Waals surface area contributed by atoms with Crippen molar-refractivity contribution in [3.05, 3.63) is 82.5 Å². The SMILES string of the molecule is CN1Cc2ccc(CS(=O)(=O)c3ccc(NC(=O)NC4CCCC5=C4C=CCC5)cc3)cc2C1. The zero-order valence-electron chi connectivity index (χ0n) is 19.5. The summed E-state index contributed by atoms with van der Waals surface area (Å²) in [6, 6.07) is 12.1. The van der Waals surface area contributed by atoms with Crippen molar-refractivity contribution in [2.45, 2.75) is 61.9 Å². The molecule has 0 saturated heterocycles. The van der Waals surface area contributed by atoms with Crippen molar-refractivity contribution >= 4 is 21.6 Å². The first kappa shape index (κ1) is 22.9. The van der Waals surface area contributed by atoms with Crippen LogP contribution in [-0.4, -0.2) is 32.4 Å². The quantitative estimate of drug-likeness (QED) is 0.640. The second-order valence-corrected chi connectivity index (χ2v) is 11.6. The zero-order chi connectivity index (χ0) is 23.7. The Morgan fingerprint density at radius 2 is 1.85 bits per heavy atom. The Morgan fingerprint density at radius 3 is 2.68 bits per heavy atom. The Hall–Kier alpha value is -2.90. The third kappa shape index (κ3) is 4.95. The van der Waals surface area contributed by atoms with Gasteiger partial charge in [0.05, 0.1) is 16.7 Å². The summed E-state index contributed by atoms with van der Waals surface area (Å²) in [5.74, 6) is -0.0378. The molecule has 1 aliphatic heterocycles. The minimum atomic E-state index is -3.48. The number of carbonyl (C=O) groups excluding carboxylic acids is 1. The van der Waals surface area contributed by atoms with E-state index >= 15 is 0 Å². The molecule has 2 aliphatic carbocycles. The van der Waals surface area contributed by atoms with Crippen LogP contribution in [0, 0.1) is 0 Å². The van der Waals surface area contributed by atoms with Crippen molar-refractivity contribution in [1.82, 2.24) is 10.2 Å². The molecule has 1 unspecified atom stereocenters. The standard InChI is InChI=1S/C27H31N3O3S/c1-30-16-21-10-9-19(15-22(21)17-30)18-34(32,33)24-13-11-23(12-14-24)28-27(31)29-26-8-4-6-20-5-2-3-7-25(20)26/h3,7,9-15,26H,2,4-6,8,16-18H2,1H3,(H2,28,29,31). The monoisotopic (exact) mass is 477 g/mol. The van der Waals surface area contributed by atoms with Gasteiger partial charge in [0.15, 0.2) is 9.84 Å². The van der Waals surface area contributed by atoms with Gasteiger partial charge in [-0.25, -0.2) is 13.2 Å². The molecule has 2 aromatic rings. The smallest absolute Gasteiger partial charge is 0.319 e. The molecule has 2 N–H and O–H groups in total. The highest BCUT2D eigenvalue weighted by atomic mass is 32.2. The van der Waals surface area contributed by atoms with E-state index in [2.05, 4.69) is 34.7 Å². The molecule has 2 aromatic carbocycles. The van der Waals surface area contributed by atoms with Crippen molar-refractivity contribution < 1.29 is 13.2 Å². The van der Waals surface area contributed by atoms with Gasteiger partial charge in [0.2, 0.25) is 0 Å². The van der Waals surface area contributed by atoms with Crippen LogP contribution in [0.1, 0.15) is 48.8 Å². The topological polar surface area (TPSA) is 78.5 Å². The average Bonchev–Trinajstić information content (AvgIpc) is 3.18. The first-order chi connectivity index (χ1) is 16.4. The molecule has 3 aliphatic rings. The summed E-state index contributed by atoms with van der Waals surface area (Å²) in [5.41, 5.74) is 6.55. The fraction of sp³-hybridized carbons (Fsp3) is 0.370. The first-order valence-corrected chi connectivity index (χ1v) is 13.6. The molecule has 5 rings (SSSR count). The Kier molecular flexibility index (Phi) is 6.32. The molecule has 0 saturated carbocycles. The highest BCUT2D eigenvalue weighted by molar-refractivity contribution is 7.90. The van der Waals surface area contributed by atoms with Crippen LogP contribution in [0.25, 0.3) is 0 Å². The van der Waals surface area contributed by atoms with Crippen molar-refractivity contribution in [1.29, 1.82) is 0 Å². The van der Waals surface area contributed by atoms with Gasteiger partial charge in [-0.05, 0) is 85.7 Å². The number of nitrogens with zero attached hydrogens (tertiary/aromatic N) is 1. The highest BCUT2D eigenvalue weighted by Crippen LogP contribution is 2.32. The van der Waals surface area contributed by atoms with E-state index < -0.39 is 9.84 Å². The van der Waals surface area contributed by atoms with Crippen molar-refractivity contribution in [3.63, 3.8) is 0 Å². The summed E-state index contributed by atoms with van der Waals surface area (Å²) in [6.07, 6.45) is 9.65. The summed E-state index contributed by atoms with van der Waals surface area (Å²) >= 11 is 0. The van der Waals surface area contributed by atoms with E-state index in [0.717, 1.165) is 50.8 Å². The lowest BCUT2D eigenvalue weighted by Crippen LogP contribution is -2.40. The lowest BCUT2D eigenvalue weighted by Gasteiger charge is -2.29. The molecule has 34 heavy (non-hydrogen) atoms. The Balaban J connectivity index is 1.21. The number of allylic oxidation sites excluding steroid dienone is 2. The highest BCUT2D eigenvalue weighted by Gasteiger charge is 2.24. The molecule has 0 spiro atoms. The number of hydrogen-bond donors (Lipinski definition) is 2. The Morgan fingerprint density at radius 1 is 1.06 bits per heavy atom. The molecule has 0 radical (unpaired) electrons. The predicted octanol–water partition coefficient (Wildman–Crippen LogP) is 4.93. The van der Waals surface area contributed by atoms with Crippen LogP contribution in [0.3, 0.4) is 0 Å². The first-order valence-electron chi connectivity index (χ1n) is 12.0. The molecule has 7 heteroatoms. The molecule has 1 atom stereocenters.